The minimum absolute atomic E-state index is 0.00898. The molecule has 0 aliphatic carbocycles. The van der Waals surface area contributed by atoms with Gasteiger partial charge in [-0.05, 0) is 28.1 Å². The zero-order chi connectivity index (χ0) is 20.4. The quantitative estimate of drug-likeness (QED) is 0.577. The molecule has 152 valence electrons. The smallest absolute Gasteiger partial charge is 0.303 e. The van der Waals surface area contributed by atoms with E-state index in [0.29, 0.717) is 48.2 Å². The summed E-state index contributed by atoms with van der Waals surface area (Å²) in [7, 11) is 0. The molecule has 1 aliphatic heterocycles. The van der Waals surface area contributed by atoms with Crippen molar-refractivity contribution >= 4 is 39.0 Å². The van der Waals surface area contributed by atoms with E-state index in [1.807, 2.05) is 0 Å². The number of piperidine rings is 1. The van der Waals surface area contributed by atoms with Crippen LogP contribution in [-0.4, -0.2) is 50.2 Å². The molecular weight excluding hydrogens is 445 g/mol. The second-order valence-corrected chi connectivity index (χ2v) is 7.72. The van der Waals surface area contributed by atoms with Crippen molar-refractivity contribution in [3.05, 3.63) is 40.5 Å². The molecule has 2 N–H and O–H groups in total. The van der Waals surface area contributed by atoms with E-state index in [2.05, 4.69) is 40.8 Å². The predicted octanol–water partition coefficient (Wildman–Crippen LogP) is 3.32. The third-order valence-electron chi connectivity index (χ3n) is 4.76. The first-order chi connectivity index (χ1) is 14.0. The number of hydrogen-bond donors (Lipinski definition) is 2. The van der Waals surface area contributed by atoms with Crippen LogP contribution in [0.5, 0.6) is 5.75 Å². The molecule has 3 heterocycles. The number of imidazole rings is 1. The fraction of sp³-hybridized carbons (Fsp3) is 0.368. The van der Waals surface area contributed by atoms with Gasteiger partial charge in [0.1, 0.15) is 29.0 Å². The normalized spacial score (nSPS) is 15.0. The zero-order valence-corrected chi connectivity index (χ0v) is 17.0. The molecule has 4 rings (SSSR count). The van der Waals surface area contributed by atoms with Crippen LogP contribution in [0.1, 0.15) is 25.1 Å². The van der Waals surface area contributed by atoms with Gasteiger partial charge in [0.25, 0.3) is 0 Å². The lowest BCUT2D eigenvalue weighted by Gasteiger charge is -2.32. The molecule has 1 saturated heterocycles. The number of aryl methyl sites for hydroxylation is 1. The van der Waals surface area contributed by atoms with E-state index in [4.69, 9.17) is 9.84 Å². The molecule has 2 aromatic heterocycles. The Bertz CT molecular complexity index is 1040. The number of anilines is 1. The first-order valence-electron chi connectivity index (χ1n) is 9.28. The summed E-state index contributed by atoms with van der Waals surface area (Å²) in [6.07, 6.45) is 3.50. The number of nitrogens with zero attached hydrogens (tertiary/aromatic N) is 4. The average molecular weight is 464 g/mol. The molecule has 0 saturated carbocycles. The van der Waals surface area contributed by atoms with Gasteiger partial charge in [0.15, 0.2) is 5.65 Å². The number of aromatic amines is 1. The average Bonchev–Trinajstić information content (AvgIpc) is 3.12. The van der Waals surface area contributed by atoms with Crippen LogP contribution >= 0.6 is 15.9 Å². The summed E-state index contributed by atoms with van der Waals surface area (Å²) in [5.41, 5.74) is 1.21. The highest BCUT2D eigenvalue weighted by Gasteiger charge is 2.23. The second-order valence-electron chi connectivity index (χ2n) is 6.86. The highest BCUT2D eigenvalue weighted by molar-refractivity contribution is 9.10. The van der Waals surface area contributed by atoms with Gasteiger partial charge in [-0.1, -0.05) is 0 Å². The molecule has 1 fully saturated rings. The molecule has 29 heavy (non-hydrogen) atoms. The summed E-state index contributed by atoms with van der Waals surface area (Å²) in [6.45, 7) is 1.42. The number of carbonyl (C=O) groups is 1. The lowest BCUT2D eigenvalue weighted by Crippen LogP contribution is -2.39. The van der Waals surface area contributed by atoms with Gasteiger partial charge in [-0.2, -0.15) is 4.98 Å². The maximum Gasteiger partial charge on any atom is 0.303 e. The molecule has 0 bridgehead atoms. The third-order valence-corrected chi connectivity index (χ3v) is 5.42. The van der Waals surface area contributed by atoms with E-state index < -0.39 is 5.97 Å². The van der Waals surface area contributed by atoms with Crippen LogP contribution in [0.25, 0.3) is 11.2 Å². The summed E-state index contributed by atoms with van der Waals surface area (Å²) >= 11 is 3.39. The molecule has 1 aromatic carbocycles. The Kier molecular flexibility index (Phi) is 5.61. The van der Waals surface area contributed by atoms with E-state index in [1.54, 1.807) is 12.3 Å². The van der Waals surface area contributed by atoms with Crippen molar-refractivity contribution in [1.82, 2.24) is 19.9 Å². The SMILES string of the molecule is O=C(O)CCc1nc2nc(N3CCC(Oc4cc(F)ccc4Br)CC3)ncc2[nH]1. The molecule has 0 spiro atoms. The van der Waals surface area contributed by atoms with Crippen molar-refractivity contribution in [3.63, 3.8) is 0 Å². The van der Waals surface area contributed by atoms with Crippen LogP contribution < -0.4 is 9.64 Å². The minimum atomic E-state index is -0.868. The molecule has 8 nitrogen and oxygen atoms in total. The number of benzene rings is 1. The maximum atomic E-state index is 13.4. The van der Waals surface area contributed by atoms with Crippen LogP contribution in [0.4, 0.5) is 10.3 Å². The Hall–Kier alpha value is -2.75. The minimum Gasteiger partial charge on any atom is -0.489 e. The second kappa shape index (κ2) is 8.32. The number of nitrogens with one attached hydrogen (secondary N) is 1. The molecule has 0 radical (unpaired) electrons. The number of aliphatic carboxylic acids is 1. The van der Waals surface area contributed by atoms with Gasteiger partial charge < -0.3 is 19.7 Å². The molecule has 10 heteroatoms. The molecule has 0 atom stereocenters. The van der Waals surface area contributed by atoms with Gasteiger partial charge in [-0.3, -0.25) is 4.79 Å². The highest BCUT2D eigenvalue weighted by atomic mass is 79.9. The highest BCUT2D eigenvalue weighted by Crippen LogP contribution is 2.29. The molecule has 0 amide bonds. The summed E-state index contributed by atoms with van der Waals surface area (Å²) in [6, 6.07) is 4.40. The predicted molar refractivity (Wildman–Crippen MR) is 108 cm³/mol. The van der Waals surface area contributed by atoms with Gasteiger partial charge >= 0.3 is 5.97 Å². The number of carboxylic acid groups (broad SMARTS) is 1. The van der Waals surface area contributed by atoms with Gasteiger partial charge in [0.05, 0.1) is 17.1 Å². The summed E-state index contributed by atoms with van der Waals surface area (Å²) in [5, 5.41) is 8.80. The Morgan fingerprint density at radius 1 is 1.34 bits per heavy atom. The van der Waals surface area contributed by atoms with E-state index >= 15 is 0 Å². The third kappa shape index (κ3) is 4.64. The lowest BCUT2D eigenvalue weighted by molar-refractivity contribution is -0.137. The number of hydrogen-bond acceptors (Lipinski definition) is 6. The summed E-state index contributed by atoms with van der Waals surface area (Å²) in [4.78, 5) is 29.1. The van der Waals surface area contributed by atoms with Gasteiger partial charge in [0, 0.05) is 38.4 Å². The standard InChI is InChI=1S/C19H19BrFN5O3/c20-13-2-1-11(21)9-15(13)29-12-5-7-26(8-6-12)19-22-10-14-18(25-19)24-16(23-14)3-4-17(27)28/h1-2,9-10,12H,3-8H2,(H,27,28)(H,22,23,24,25). The number of aromatic nitrogens is 4. The summed E-state index contributed by atoms with van der Waals surface area (Å²) in [5.74, 6) is 0.476. The van der Waals surface area contributed by atoms with Crippen LogP contribution in [0.2, 0.25) is 0 Å². The van der Waals surface area contributed by atoms with E-state index in [1.165, 1.54) is 12.1 Å². The zero-order valence-electron chi connectivity index (χ0n) is 15.4. The molecular formula is C19H19BrFN5O3. The number of carboxylic acids is 1. The number of H-pyrrole nitrogens is 1. The van der Waals surface area contributed by atoms with Gasteiger partial charge in [0.2, 0.25) is 5.95 Å². The van der Waals surface area contributed by atoms with Gasteiger partial charge in [-0.15, -0.1) is 0 Å². The fourth-order valence-corrected chi connectivity index (χ4v) is 3.61. The number of fused-ring (bicyclic) bond motifs is 1. The molecule has 3 aromatic rings. The fourth-order valence-electron chi connectivity index (χ4n) is 3.27. The summed E-state index contributed by atoms with van der Waals surface area (Å²) < 4.78 is 20.1. The first kappa shape index (κ1) is 19.6. The lowest BCUT2D eigenvalue weighted by atomic mass is 10.1. The van der Waals surface area contributed by atoms with Crippen molar-refractivity contribution in [2.75, 3.05) is 18.0 Å². The first-order valence-corrected chi connectivity index (χ1v) is 10.1. The van der Waals surface area contributed by atoms with Gasteiger partial charge in [-0.25, -0.2) is 14.4 Å². The Morgan fingerprint density at radius 2 is 2.14 bits per heavy atom. The topological polar surface area (TPSA) is 104 Å². The number of halogens is 2. The van der Waals surface area contributed by atoms with Crippen molar-refractivity contribution in [3.8, 4) is 5.75 Å². The molecule has 0 unspecified atom stereocenters. The van der Waals surface area contributed by atoms with Crippen LogP contribution in [0, 0.1) is 5.82 Å². The maximum absolute atomic E-state index is 13.4. The number of rotatable bonds is 6. The Balaban J connectivity index is 1.39. The van der Waals surface area contributed by atoms with Crippen LogP contribution in [-0.2, 0) is 11.2 Å². The Labute approximate surface area is 174 Å². The Morgan fingerprint density at radius 3 is 2.90 bits per heavy atom. The van der Waals surface area contributed by atoms with E-state index in [-0.39, 0.29) is 18.3 Å². The van der Waals surface area contributed by atoms with Crippen molar-refractivity contribution in [2.45, 2.75) is 31.8 Å². The van der Waals surface area contributed by atoms with Crippen LogP contribution in [0.15, 0.2) is 28.9 Å². The van der Waals surface area contributed by atoms with E-state index in [9.17, 15) is 9.18 Å². The van der Waals surface area contributed by atoms with Crippen molar-refractivity contribution in [1.29, 1.82) is 0 Å². The van der Waals surface area contributed by atoms with E-state index in [0.717, 1.165) is 17.3 Å². The number of ether oxygens (including phenoxy) is 1. The van der Waals surface area contributed by atoms with Crippen molar-refractivity contribution in [2.24, 2.45) is 0 Å². The van der Waals surface area contributed by atoms with Crippen LogP contribution in [0.3, 0.4) is 0 Å². The monoisotopic (exact) mass is 463 g/mol. The van der Waals surface area contributed by atoms with Crippen molar-refractivity contribution < 1.29 is 19.0 Å². The largest absolute Gasteiger partial charge is 0.489 e. The molecule has 1 aliphatic rings.